The standard InChI is InChI=1S/C22H17Cl2N3O3/c1-12-7-13(2)25-20(12)10-17-16-9-15(27(29)30)4-6-21(16)26(22(17)28)11-14-3-5-18(23)19(24)8-14/h3-10,25H,11H2,1-2H3/b17-10-. The summed E-state index contributed by atoms with van der Waals surface area (Å²) in [5.74, 6) is -0.233. The molecule has 6 nitrogen and oxygen atoms in total. The number of H-pyrrole nitrogens is 1. The number of non-ortho nitro benzene ring substituents is 1. The minimum Gasteiger partial charge on any atom is -0.359 e. The van der Waals surface area contributed by atoms with Gasteiger partial charge in [-0.25, -0.2) is 0 Å². The fourth-order valence-corrected chi connectivity index (χ4v) is 3.94. The fourth-order valence-electron chi connectivity index (χ4n) is 3.62. The summed E-state index contributed by atoms with van der Waals surface area (Å²) in [6, 6.07) is 11.6. The maximum Gasteiger partial charge on any atom is 0.270 e. The molecule has 0 fully saturated rings. The summed E-state index contributed by atoms with van der Waals surface area (Å²) in [5, 5.41) is 12.1. The van der Waals surface area contributed by atoms with Crippen molar-refractivity contribution in [2.45, 2.75) is 20.4 Å². The molecule has 1 aliphatic rings. The Hall–Kier alpha value is -3.09. The van der Waals surface area contributed by atoms with Crippen LogP contribution < -0.4 is 4.90 Å². The van der Waals surface area contributed by atoms with Crippen molar-refractivity contribution in [2.75, 3.05) is 4.90 Å². The van der Waals surface area contributed by atoms with Gasteiger partial charge in [0, 0.05) is 29.1 Å². The number of nitrogens with zero attached hydrogens (tertiary/aromatic N) is 2. The number of aromatic amines is 1. The van der Waals surface area contributed by atoms with E-state index in [9.17, 15) is 14.9 Å². The van der Waals surface area contributed by atoms with E-state index in [4.69, 9.17) is 23.2 Å². The van der Waals surface area contributed by atoms with Gasteiger partial charge < -0.3 is 9.88 Å². The Labute approximate surface area is 182 Å². The number of halogens is 2. The van der Waals surface area contributed by atoms with E-state index in [1.807, 2.05) is 19.9 Å². The van der Waals surface area contributed by atoms with Crippen molar-refractivity contribution in [3.63, 3.8) is 0 Å². The number of benzene rings is 2. The third-order valence-electron chi connectivity index (χ3n) is 5.05. The molecule has 4 rings (SSSR count). The van der Waals surface area contributed by atoms with E-state index >= 15 is 0 Å². The molecular formula is C22H17Cl2N3O3. The van der Waals surface area contributed by atoms with E-state index in [1.165, 1.54) is 12.1 Å². The van der Waals surface area contributed by atoms with Crippen molar-refractivity contribution in [1.82, 2.24) is 4.98 Å². The third-order valence-corrected chi connectivity index (χ3v) is 5.79. The summed E-state index contributed by atoms with van der Waals surface area (Å²) in [6.45, 7) is 4.14. The lowest BCUT2D eigenvalue weighted by molar-refractivity contribution is -0.384. The Morgan fingerprint density at radius 1 is 1.10 bits per heavy atom. The van der Waals surface area contributed by atoms with Gasteiger partial charge in [0.25, 0.3) is 11.6 Å². The number of hydrogen-bond acceptors (Lipinski definition) is 3. The van der Waals surface area contributed by atoms with Gasteiger partial charge in [-0.2, -0.15) is 0 Å². The average molecular weight is 442 g/mol. The molecule has 2 heterocycles. The molecule has 0 radical (unpaired) electrons. The Kier molecular flexibility index (Phi) is 5.13. The van der Waals surface area contributed by atoms with Crippen LogP contribution in [-0.4, -0.2) is 15.8 Å². The van der Waals surface area contributed by atoms with Gasteiger partial charge >= 0.3 is 0 Å². The molecule has 1 aromatic heterocycles. The van der Waals surface area contributed by atoms with Gasteiger partial charge in [0.05, 0.1) is 32.8 Å². The lowest BCUT2D eigenvalue weighted by Crippen LogP contribution is -2.25. The predicted molar refractivity (Wildman–Crippen MR) is 119 cm³/mol. The lowest BCUT2D eigenvalue weighted by atomic mass is 10.0. The average Bonchev–Trinajstić information content (AvgIpc) is 3.15. The van der Waals surface area contributed by atoms with Crippen LogP contribution >= 0.6 is 23.2 Å². The molecule has 1 aliphatic heterocycles. The number of carbonyl (C=O) groups excluding carboxylic acids is 1. The Balaban J connectivity index is 1.82. The summed E-state index contributed by atoms with van der Waals surface area (Å²) in [4.78, 5) is 29.0. The minimum atomic E-state index is -0.464. The number of fused-ring (bicyclic) bond motifs is 1. The van der Waals surface area contributed by atoms with Crippen LogP contribution in [0, 0.1) is 24.0 Å². The lowest BCUT2D eigenvalue weighted by Gasteiger charge is -2.17. The minimum absolute atomic E-state index is 0.0665. The first-order valence-corrected chi connectivity index (χ1v) is 9.92. The number of nitrogens with one attached hydrogen (secondary N) is 1. The van der Waals surface area contributed by atoms with Crippen LogP contribution in [0.2, 0.25) is 10.0 Å². The Morgan fingerprint density at radius 3 is 2.50 bits per heavy atom. The topological polar surface area (TPSA) is 79.2 Å². The number of aromatic nitrogens is 1. The molecule has 0 atom stereocenters. The van der Waals surface area contributed by atoms with Crippen LogP contribution in [0.5, 0.6) is 0 Å². The second-order valence-corrected chi connectivity index (χ2v) is 8.02. The number of amides is 1. The van der Waals surface area contributed by atoms with Gasteiger partial charge in [0.1, 0.15) is 0 Å². The van der Waals surface area contributed by atoms with Crippen molar-refractivity contribution >= 4 is 52.1 Å². The number of rotatable bonds is 4. The maximum atomic E-state index is 13.3. The molecule has 2 aromatic carbocycles. The number of anilines is 1. The number of aryl methyl sites for hydroxylation is 2. The highest BCUT2D eigenvalue weighted by Gasteiger charge is 2.34. The zero-order chi connectivity index (χ0) is 21.6. The zero-order valence-electron chi connectivity index (χ0n) is 16.2. The van der Waals surface area contributed by atoms with Crippen LogP contribution in [0.3, 0.4) is 0 Å². The quantitative estimate of drug-likeness (QED) is 0.309. The molecule has 152 valence electrons. The summed E-state index contributed by atoms with van der Waals surface area (Å²) in [5.41, 5.74) is 5.03. The van der Waals surface area contributed by atoms with E-state index in [2.05, 4.69) is 4.98 Å². The molecule has 30 heavy (non-hydrogen) atoms. The van der Waals surface area contributed by atoms with Gasteiger partial charge in [-0.3, -0.25) is 14.9 Å². The number of hydrogen-bond donors (Lipinski definition) is 1. The van der Waals surface area contributed by atoms with Crippen molar-refractivity contribution in [2.24, 2.45) is 0 Å². The fraction of sp³-hybridized carbons (Fsp3) is 0.136. The largest absolute Gasteiger partial charge is 0.359 e. The summed E-state index contributed by atoms with van der Waals surface area (Å²) >= 11 is 12.1. The van der Waals surface area contributed by atoms with Crippen molar-refractivity contribution in [3.05, 3.63) is 90.7 Å². The van der Waals surface area contributed by atoms with E-state index in [1.54, 1.807) is 35.2 Å². The summed E-state index contributed by atoms with van der Waals surface area (Å²) in [7, 11) is 0. The van der Waals surface area contributed by atoms with Crippen LogP contribution in [0.15, 0.2) is 42.5 Å². The SMILES string of the molecule is Cc1cc(C)c(/C=C2\C(=O)N(Cc3ccc(Cl)c(Cl)c3)c3ccc([N+](=O)[O-])cc32)[nH]1. The zero-order valence-corrected chi connectivity index (χ0v) is 17.7. The Morgan fingerprint density at radius 2 is 1.87 bits per heavy atom. The van der Waals surface area contributed by atoms with E-state index in [0.717, 1.165) is 22.5 Å². The first kappa shape index (κ1) is 20.2. The van der Waals surface area contributed by atoms with Gasteiger partial charge in [0.2, 0.25) is 0 Å². The summed E-state index contributed by atoms with van der Waals surface area (Å²) < 4.78 is 0. The molecule has 0 spiro atoms. The molecule has 0 unspecified atom stereocenters. The van der Waals surface area contributed by atoms with Crippen molar-refractivity contribution in [1.29, 1.82) is 0 Å². The first-order chi connectivity index (χ1) is 14.2. The molecule has 1 N–H and O–H groups in total. The van der Waals surface area contributed by atoms with Crippen molar-refractivity contribution in [3.8, 4) is 0 Å². The van der Waals surface area contributed by atoms with E-state index < -0.39 is 4.92 Å². The highest BCUT2D eigenvalue weighted by molar-refractivity contribution is 6.42. The van der Waals surface area contributed by atoms with E-state index in [0.29, 0.717) is 26.9 Å². The maximum absolute atomic E-state index is 13.3. The predicted octanol–water partition coefficient (Wildman–Crippen LogP) is 5.93. The number of nitro groups is 1. The molecule has 1 amide bonds. The van der Waals surface area contributed by atoms with Gasteiger partial charge in [0.15, 0.2) is 0 Å². The second kappa shape index (κ2) is 7.63. The van der Waals surface area contributed by atoms with Gasteiger partial charge in [-0.15, -0.1) is 0 Å². The highest BCUT2D eigenvalue weighted by Crippen LogP contribution is 2.41. The summed E-state index contributed by atoms with van der Waals surface area (Å²) in [6.07, 6.45) is 1.75. The monoisotopic (exact) mass is 441 g/mol. The van der Waals surface area contributed by atoms with Crippen LogP contribution in [0.1, 0.15) is 28.1 Å². The highest BCUT2D eigenvalue weighted by atomic mass is 35.5. The molecule has 0 saturated carbocycles. The molecule has 0 saturated heterocycles. The van der Waals surface area contributed by atoms with Gasteiger partial charge in [-0.1, -0.05) is 29.3 Å². The van der Waals surface area contributed by atoms with Crippen molar-refractivity contribution < 1.29 is 9.72 Å². The van der Waals surface area contributed by atoms with Crippen LogP contribution in [0.4, 0.5) is 11.4 Å². The second-order valence-electron chi connectivity index (χ2n) is 7.21. The number of nitro benzene ring substituents is 1. The Bertz CT molecular complexity index is 1230. The molecule has 8 heteroatoms. The third kappa shape index (κ3) is 3.60. The molecule has 3 aromatic rings. The van der Waals surface area contributed by atoms with Gasteiger partial charge in [-0.05, 0) is 55.3 Å². The van der Waals surface area contributed by atoms with Crippen LogP contribution in [0.25, 0.3) is 11.6 Å². The normalized spacial score (nSPS) is 14.5. The number of carbonyl (C=O) groups is 1. The molecule has 0 aliphatic carbocycles. The molecule has 0 bridgehead atoms. The smallest absolute Gasteiger partial charge is 0.270 e. The molecular weight excluding hydrogens is 425 g/mol. The first-order valence-electron chi connectivity index (χ1n) is 9.17. The van der Waals surface area contributed by atoms with Crippen LogP contribution in [-0.2, 0) is 11.3 Å². The van der Waals surface area contributed by atoms with E-state index in [-0.39, 0.29) is 18.1 Å².